The molecule has 0 saturated heterocycles. The van der Waals surface area contributed by atoms with Gasteiger partial charge in [-0.1, -0.05) is 22.9 Å². The van der Waals surface area contributed by atoms with Crippen LogP contribution in [-0.2, 0) is 6.54 Å². The molecule has 0 aliphatic rings. The van der Waals surface area contributed by atoms with Gasteiger partial charge in [-0.25, -0.2) is 0 Å². The molecule has 1 N–H and O–H groups in total. The van der Waals surface area contributed by atoms with E-state index in [-0.39, 0.29) is 0 Å². The van der Waals surface area contributed by atoms with Crippen LogP contribution in [0.25, 0.3) is 11.4 Å². The summed E-state index contributed by atoms with van der Waals surface area (Å²) in [6.45, 7) is 4.64. The van der Waals surface area contributed by atoms with E-state index in [0.29, 0.717) is 18.3 Å². The first-order valence-corrected chi connectivity index (χ1v) is 7.33. The number of nitrogens with zero attached hydrogens (tertiary/aromatic N) is 2. The fourth-order valence-corrected chi connectivity index (χ4v) is 2.70. The molecule has 5 heteroatoms. The Hall–Kier alpha value is -2.14. The monoisotopic (exact) mass is 285 g/mol. The van der Waals surface area contributed by atoms with Crippen LogP contribution in [0.5, 0.6) is 0 Å². The summed E-state index contributed by atoms with van der Waals surface area (Å²) in [7, 11) is 0. The molecule has 3 aromatic rings. The number of aryl methyl sites for hydroxylation is 2. The third-order valence-electron chi connectivity index (χ3n) is 3.06. The minimum Gasteiger partial charge on any atom is -0.376 e. The zero-order valence-corrected chi connectivity index (χ0v) is 12.2. The number of hydrogen-bond donors (Lipinski definition) is 1. The van der Waals surface area contributed by atoms with Crippen molar-refractivity contribution in [2.45, 2.75) is 20.4 Å². The van der Waals surface area contributed by atoms with Gasteiger partial charge in [0.15, 0.2) is 0 Å². The summed E-state index contributed by atoms with van der Waals surface area (Å²) >= 11 is 1.64. The molecule has 4 nitrogen and oxygen atoms in total. The molecule has 2 aromatic heterocycles. The van der Waals surface area contributed by atoms with Crippen molar-refractivity contribution >= 4 is 17.0 Å². The molecule has 0 unspecified atom stereocenters. The van der Waals surface area contributed by atoms with E-state index in [1.807, 2.05) is 24.4 Å². The first kappa shape index (κ1) is 12.9. The van der Waals surface area contributed by atoms with E-state index in [4.69, 9.17) is 4.52 Å². The number of hydrogen-bond acceptors (Lipinski definition) is 5. The zero-order valence-electron chi connectivity index (χ0n) is 11.4. The first-order valence-electron chi connectivity index (χ1n) is 6.38. The number of thiophene rings is 1. The predicted octanol–water partition coefficient (Wildman–Crippen LogP) is 4.03. The van der Waals surface area contributed by atoms with Crippen molar-refractivity contribution in [2.24, 2.45) is 0 Å². The minimum atomic E-state index is 0.527. The third kappa shape index (κ3) is 2.72. The molecule has 20 heavy (non-hydrogen) atoms. The highest BCUT2D eigenvalue weighted by Gasteiger charge is 2.11. The average Bonchev–Trinajstić information content (AvgIpc) is 3.06. The van der Waals surface area contributed by atoms with Crippen LogP contribution in [0.3, 0.4) is 0 Å². The molecular weight excluding hydrogens is 270 g/mol. The Morgan fingerprint density at radius 3 is 2.65 bits per heavy atom. The van der Waals surface area contributed by atoms with Crippen LogP contribution in [0.2, 0.25) is 0 Å². The van der Waals surface area contributed by atoms with Gasteiger partial charge in [0.05, 0.1) is 6.54 Å². The number of aromatic nitrogens is 2. The first-order chi connectivity index (χ1) is 9.72. The van der Waals surface area contributed by atoms with Crippen molar-refractivity contribution in [1.82, 2.24) is 10.1 Å². The molecule has 0 radical (unpaired) electrons. The molecule has 2 heterocycles. The smallest absolute Gasteiger partial charge is 0.246 e. The fraction of sp³-hybridized carbons (Fsp3) is 0.200. The highest BCUT2D eigenvalue weighted by Crippen LogP contribution is 2.24. The average molecular weight is 285 g/mol. The maximum Gasteiger partial charge on any atom is 0.246 e. The van der Waals surface area contributed by atoms with Gasteiger partial charge in [-0.05, 0) is 36.9 Å². The SMILES string of the molecule is Cc1ccc(NCc2nc(-c3cscc3C)no2)cc1. The summed E-state index contributed by atoms with van der Waals surface area (Å²) in [6.07, 6.45) is 0. The largest absolute Gasteiger partial charge is 0.376 e. The predicted molar refractivity (Wildman–Crippen MR) is 80.9 cm³/mol. The Balaban J connectivity index is 1.69. The number of benzene rings is 1. The molecule has 0 saturated carbocycles. The van der Waals surface area contributed by atoms with Gasteiger partial charge in [-0.15, -0.1) is 0 Å². The van der Waals surface area contributed by atoms with Gasteiger partial charge < -0.3 is 9.84 Å². The molecule has 0 spiro atoms. The quantitative estimate of drug-likeness (QED) is 0.786. The van der Waals surface area contributed by atoms with Gasteiger partial charge in [0.1, 0.15) is 0 Å². The van der Waals surface area contributed by atoms with Gasteiger partial charge in [-0.2, -0.15) is 16.3 Å². The van der Waals surface area contributed by atoms with E-state index in [2.05, 4.69) is 39.9 Å². The fourth-order valence-electron chi connectivity index (χ4n) is 1.87. The van der Waals surface area contributed by atoms with Gasteiger partial charge >= 0.3 is 0 Å². The molecule has 0 aliphatic carbocycles. The molecule has 3 rings (SSSR count). The molecule has 0 bridgehead atoms. The van der Waals surface area contributed by atoms with Gasteiger partial charge in [-0.3, -0.25) is 0 Å². The molecule has 0 aliphatic heterocycles. The summed E-state index contributed by atoms with van der Waals surface area (Å²) in [5, 5.41) is 11.4. The summed E-state index contributed by atoms with van der Waals surface area (Å²) in [5.74, 6) is 1.25. The Morgan fingerprint density at radius 2 is 1.95 bits per heavy atom. The Kier molecular flexibility index (Phi) is 3.52. The van der Waals surface area contributed by atoms with E-state index in [1.165, 1.54) is 11.1 Å². The summed E-state index contributed by atoms with van der Waals surface area (Å²) in [6, 6.07) is 8.21. The summed E-state index contributed by atoms with van der Waals surface area (Å²) < 4.78 is 5.27. The van der Waals surface area contributed by atoms with Crippen molar-refractivity contribution in [3.05, 3.63) is 52.0 Å². The molecule has 102 valence electrons. The molecule has 1 aromatic carbocycles. The van der Waals surface area contributed by atoms with Crippen molar-refractivity contribution in [3.8, 4) is 11.4 Å². The van der Waals surface area contributed by atoms with Crippen molar-refractivity contribution in [1.29, 1.82) is 0 Å². The summed E-state index contributed by atoms with van der Waals surface area (Å²) in [4.78, 5) is 4.41. The van der Waals surface area contributed by atoms with E-state index in [0.717, 1.165) is 11.3 Å². The molecule has 0 atom stereocenters. The number of rotatable bonds is 4. The molecule has 0 amide bonds. The second-order valence-corrected chi connectivity index (χ2v) is 5.44. The van der Waals surface area contributed by atoms with E-state index in [9.17, 15) is 0 Å². The van der Waals surface area contributed by atoms with Gasteiger partial charge in [0, 0.05) is 16.6 Å². The van der Waals surface area contributed by atoms with Gasteiger partial charge in [0.25, 0.3) is 0 Å². The van der Waals surface area contributed by atoms with E-state index < -0.39 is 0 Å². The van der Waals surface area contributed by atoms with E-state index in [1.54, 1.807) is 11.3 Å². The lowest BCUT2D eigenvalue weighted by atomic mass is 10.2. The van der Waals surface area contributed by atoms with Crippen LogP contribution in [0.4, 0.5) is 5.69 Å². The second kappa shape index (κ2) is 5.46. The molecule has 0 fully saturated rings. The molecular formula is C15H15N3OS. The zero-order chi connectivity index (χ0) is 13.9. The lowest BCUT2D eigenvalue weighted by Crippen LogP contribution is -1.99. The maximum absolute atomic E-state index is 5.27. The third-order valence-corrected chi connectivity index (χ3v) is 3.92. The lowest BCUT2D eigenvalue weighted by Gasteiger charge is -2.02. The van der Waals surface area contributed by atoms with Crippen molar-refractivity contribution in [2.75, 3.05) is 5.32 Å². The van der Waals surface area contributed by atoms with Crippen LogP contribution in [-0.4, -0.2) is 10.1 Å². The Bertz CT molecular complexity index is 700. The second-order valence-electron chi connectivity index (χ2n) is 4.70. The Labute approximate surface area is 121 Å². The number of anilines is 1. The van der Waals surface area contributed by atoms with Crippen molar-refractivity contribution < 1.29 is 4.52 Å². The van der Waals surface area contributed by atoms with E-state index >= 15 is 0 Å². The van der Waals surface area contributed by atoms with Crippen LogP contribution in [0, 0.1) is 13.8 Å². The Morgan fingerprint density at radius 1 is 1.15 bits per heavy atom. The van der Waals surface area contributed by atoms with Crippen molar-refractivity contribution in [3.63, 3.8) is 0 Å². The maximum atomic E-state index is 5.27. The lowest BCUT2D eigenvalue weighted by molar-refractivity contribution is 0.384. The van der Waals surface area contributed by atoms with Crippen LogP contribution in [0.1, 0.15) is 17.0 Å². The number of nitrogens with one attached hydrogen (secondary N) is 1. The van der Waals surface area contributed by atoms with Crippen LogP contribution in [0.15, 0.2) is 39.5 Å². The van der Waals surface area contributed by atoms with Crippen LogP contribution >= 0.6 is 11.3 Å². The van der Waals surface area contributed by atoms with Gasteiger partial charge in [0.2, 0.25) is 11.7 Å². The minimum absolute atomic E-state index is 0.527. The summed E-state index contributed by atoms with van der Waals surface area (Å²) in [5.41, 5.74) is 4.50. The topological polar surface area (TPSA) is 51.0 Å². The highest BCUT2D eigenvalue weighted by molar-refractivity contribution is 7.08. The highest BCUT2D eigenvalue weighted by atomic mass is 32.1. The normalized spacial score (nSPS) is 10.7. The van der Waals surface area contributed by atoms with Crippen LogP contribution < -0.4 is 5.32 Å². The standard InChI is InChI=1S/C15H15N3OS/c1-10-3-5-12(6-4-10)16-7-14-17-15(18-19-14)13-9-20-8-11(13)2/h3-6,8-9,16H,7H2,1-2H3.